The molecule has 7 aromatic rings. The van der Waals surface area contributed by atoms with Gasteiger partial charge in [-0.05, 0) is 46.7 Å². The molecular formula is C30H20N2. The molecule has 5 aromatic carbocycles. The third kappa shape index (κ3) is 2.35. The second-order valence-corrected chi connectivity index (χ2v) is 8.27. The number of nitrogens with zero attached hydrogens (tertiary/aromatic N) is 2. The Morgan fingerprint density at radius 1 is 0.469 bits per heavy atom. The second-order valence-electron chi connectivity index (χ2n) is 8.27. The highest BCUT2D eigenvalue weighted by Gasteiger charge is 2.21. The highest BCUT2D eigenvalue weighted by molar-refractivity contribution is 6.09. The van der Waals surface area contributed by atoms with Gasteiger partial charge in [-0.3, -0.25) is 8.97 Å². The summed E-state index contributed by atoms with van der Waals surface area (Å²) in [6.45, 7) is 0. The number of imidazole rings is 1. The molecule has 0 spiro atoms. The number of fused-ring (bicyclic) bond motifs is 6. The lowest BCUT2D eigenvalue weighted by atomic mass is 10.0. The molecule has 0 amide bonds. The van der Waals surface area contributed by atoms with Crippen LogP contribution in [-0.4, -0.2) is 8.97 Å². The van der Waals surface area contributed by atoms with E-state index in [2.05, 4.69) is 130 Å². The summed E-state index contributed by atoms with van der Waals surface area (Å²) in [6.07, 6.45) is 0. The third-order valence-corrected chi connectivity index (χ3v) is 6.48. The molecule has 0 aliphatic carbocycles. The van der Waals surface area contributed by atoms with Crippen molar-refractivity contribution in [3.63, 3.8) is 0 Å². The molecule has 0 aliphatic heterocycles. The van der Waals surface area contributed by atoms with E-state index in [1.807, 2.05) is 0 Å². The van der Waals surface area contributed by atoms with Gasteiger partial charge in [0.05, 0.1) is 16.6 Å². The van der Waals surface area contributed by atoms with Crippen molar-refractivity contribution in [2.45, 2.75) is 0 Å². The Kier molecular flexibility index (Phi) is 3.58. The largest absolute Gasteiger partial charge is 0.293 e. The van der Waals surface area contributed by atoms with Crippen molar-refractivity contribution < 1.29 is 0 Å². The molecule has 2 heteroatoms. The van der Waals surface area contributed by atoms with Gasteiger partial charge >= 0.3 is 0 Å². The number of hydrogen-bond donors (Lipinski definition) is 0. The van der Waals surface area contributed by atoms with Crippen molar-refractivity contribution in [2.75, 3.05) is 0 Å². The fourth-order valence-electron chi connectivity index (χ4n) is 5.11. The first-order valence-corrected chi connectivity index (χ1v) is 11.0. The minimum absolute atomic E-state index is 1.18. The van der Waals surface area contributed by atoms with E-state index in [1.165, 1.54) is 55.2 Å². The van der Waals surface area contributed by atoms with Gasteiger partial charge in [0, 0.05) is 16.6 Å². The third-order valence-electron chi connectivity index (χ3n) is 6.48. The normalized spacial score (nSPS) is 11.8. The van der Waals surface area contributed by atoms with E-state index in [-0.39, 0.29) is 0 Å². The highest BCUT2D eigenvalue weighted by Crippen LogP contribution is 2.40. The Hall–Kier alpha value is -4.30. The van der Waals surface area contributed by atoms with Crippen LogP contribution in [0.1, 0.15) is 0 Å². The Morgan fingerprint density at radius 3 is 1.97 bits per heavy atom. The van der Waals surface area contributed by atoms with Crippen LogP contribution in [0, 0.1) is 0 Å². The van der Waals surface area contributed by atoms with E-state index in [0.717, 1.165) is 0 Å². The Morgan fingerprint density at radius 2 is 1.12 bits per heavy atom. The minimum atomic E-state index is 1.18. The van der Waals surface area contributed by atoms with Gasteiger partial charge < -0.3 is 0 Å². The van der Waals surface area contributed by atoms with E-state index >= 15 is 0 Å². The molecule has 2 aromatic heterocycles. The van der Waals surface area contributed by atoms with Crippen LogP contribution < -0.4 is 0 Å². The van der Waals surface area contributed by atoms with Gasteiger partial charge in [0.15, 0.2) is 0 Å². The van der Waals surface area contributed by atoms with Gasteiger partial charge in [0.1, 0.15) is 5.65 Å². The molecule has 150 valence electrons. The van der Waals surface area contributed by atoms with Crippen molar-refractivity contribution in [2.24, 2.45) is 0 Å². The second kappa shape index (κ2) is 6.60. The zero-order chi connectivity index (χ0) is 21.1. The van der Waals surface area contributed by atoms with E-state index in [1.54, 1.807) is 0 Å². The first kappa shape index (κ1) is 17.4. The molecule has 0 atom stereocenters. The van der Waals surface area contributed by atoms with Crippen molar-refractivity contribution in [1.29, 1.82) is 0 Å². The number of hydrogen-bond acceptors (Lipinski definition) is 0. The highest BCUT2D eigenvalue weighted by atomic mass is 15.1. The summed E-state index contributed by atoms with van der Waals surface area (Å²) in [5.74, 6) is 0. The van der Waals surface area contributed by atoms with Gasteiger partial charge in [-0.25, -0.2) is 0 Å². The summed E-state index contributed by atoms with van der Waals surface area (Å²) in [5, 5.41) is 3.78. The Bertz CT molecular complexity index is 1770. The van der Waals surface area contributed by atoms with Crippen molar-refractivity contribution in [3.8, 4) is 16.8 Å². The molecule has 0 radical (unpaired) electrons. The molecule has 0 saturated heterocycles. The quantitative estimate of drug-likeness (QED) is 0.275. The van der Waals surface area contributed by atoms with Crippen LogP contribution in [0.2, 0.25) is 0 Å². The Balaban J connectivity index is 1.72. The molecule has 0 N–H and O–H groups in total. The van der Waals surface area contributed by atoms with E-state index in [9.17, 15) is 0 Å². The molecule has 2 nitrogen and oxygen atoms in total. The summed E-state index contributed by atoms with van der Waals surface area (Å²) in [5.41, 5.74) is 8.54. The summed E-state index contributed by atoms with van der Waals surface area (Å²) in [7, 11) is 0. The average Bonchev–Trinajstić information content (AvgIpc) is 3.37. The predicted molar refractivity (Wildman–Crippen MR) is 135 cm³/mol. The van der Waals surface area contributed by atoms with Gasteiger partial charge in [0.2, 0.25) is 0 Å². The van der Waals surface area contributed by atoms with Crippen LogP contribution in [0.3, 0.4) is 0 Å². The monoisotopic (exact) mass is 408 g/mol. The van der Waals surface area contributed by atoms with Crippen LogP contribution >= 0.6 is 0 Å². The Labute approximate surface area is 185 Å². The zero-order valence-corrected chi connectivity index (χ0v) is 17.4. The number of aromatic nitrogens is 2. The fraction of sp³-hybridized carbons (Fsp3) is 0. The molecule has 7 rings (SSSR count). The van der Waals surface area contributed by atoms with Crippen molar-refractivity contribution in [1.82, 2.24) is 8.97 Å². The topological polar surface area (TPSA) is 9.34 Å². The molecule has 0 saturated carbocycles. The van der Waals surface area contributed by atoms with Gasteiger partial charge in [-0.1, -0.05) is 91.0 Å². The lowest BCUT2D eigenvalue weighted by Gasteiger charge is -2.10. The molecular weight excluding hydrogens is 388 g/mol. The summed E-state index contributed by atoms with van der Waals surface area (Å²) in [6, 6.07) is 43.5. The van der Waals surface area contributed by atoms with Crippen LogP contribution in [0.15, 0.2) is 121 Å². The maximum absolute atomic E-state index is 2.42. The smallest absolute Gasteiger partial charge is 0.131 e. The van der Waals surface area contributed by atoms with E-state index in [4.69, 9.17) is 0 Å². The number of benzene rings is 5. The maximum atomic E-state index is 2.42. The molecule has 0 fully saturated rings. The SMILES string of the molecule is c1ccc(-c2c3ccccc3n3c4ccccc4n(-c4ccc5ccccc5c4)c23)cc1. The lowest BCUT2D eigenvalue weighted by molar-refractivity contribution is 1.15. The molecule has 0 aliphatic rings. The maximum Gasteiger partial charge on any atom is 0.131 e. The summed E-state index contributed by atoms with van der Waals surface area (Å²) in [4.78, 5) is 0. The summed E-state index contributed by atoms with van der Waals surface area (Å²) < 4.78 is 4.84. The first-order valence-electron chi connectivity index (χ1n) is 11.0. The number of para-hydroxylation sites is 3. The van der Waals surface area contributed by atoms with Gasteiger partial charge in [0.25, 0.3) is 0 Å². The molecule has 32 heavy (non-hydrogen) atoms. The van der Waals surface area contributed by atoms with Crippen molar-refractivity contribution in [3.05, 3.63) is 121 Å². The molecule has 0 unspecified atom stereocenters. The molecule has 0 bridgehead atoms. The standard InChI is InChI=1S/C30H20N2/c1-2-11-22(12-3-1)29-25-14-6-7-15-26(25)32-28-17-9-8-16-27(28)31(30(29)32)24-19-18-21-10-4-5-13-23(21)20-24/h1-20H. The zero-order valence-electron chi connectivity index (χ0n) is 17.4. The van der Waals surface area contributed by atoms with Gasteiger partial charge in [-0.15, -0.1) is 0 Å². The van der Waals surface area contributed by atoms with E-state index in [0.29, 0.717) is 0 Å². The van der Waals surface area contributed by atoms with E-state index < -0.39 is 0 Å². The fourth-order valence-corrected chi connectivity index (χ4v) is 5.11. The van der Waals surface area contributed by atoms with Crippen LogP contribution in [0.25, 0.3) is 55.2 Å². The lowest BCUT2D eigenvalue weighted by Crippen LogP contribution is -1.95. The van der Waals surface area contributed by atoms with Crippen LogP contribution in [0.5, 0.6) is 0 Å². The van der Waals surface area contributed by atoms with Gasteiger partial charge in [-0.2, -0.15) is 0 Å². The number of rotatable bonds is 2. The first-order chi connectivity index (χ1) is 15.9. The molecule has 2 heterocycles. The van der Waals surface area contributed by atoms with Crippen LogP contribution in [-0.2, 0) is 0 Å². The predicted octanol–water partition coefficient (Wildman–Crippen LogP) is 7.86. The van der Waals surface area contributed by atoms with Crippen molar-refractivity contribution >= 4 is 38.4 Å². The summed E-state index contributed by atoms with van der Waals surface area (Å²) >= 11 is 0. The average molecular weight is 409 g/mol. The minimum Gasteiger partial charge on any atom is -0.293 e. The van der Waals surface area contributed by atoms with Crippen LogP contribution in [0.4, 0.5) is 0 Å².